The molecule has 1 aromatic heterocycles. The fraction of sp³-hybridized carbons (Fsp3) is 0.263. The van der Waals surface area contributed by atoms with Crippen molar-refractivity contribution in [3.63, 3.8) is 0 Å². The number of hydrogen-bond donors (Lipinski definition) is 2. The number of carboxylic acid groups (broad SMARTS) is 1. The number of rotatable bonds is 2. The second kappa shape index (κ2) is 5.98. The number of para-hydroxylation sites is 1. The molecule has 25 heavy (non-hydrogen) atoms. The smallest absolute Gasteiger partial charge is 0.450 e. The Morgan fingerprint density at radius 1 is 1.36 bits per heavy atom. The highest BCUT2D eigenvalue weighted by Crippen LogP contribution is 2.37. The van der Waals surface area contributed by atoms with Crippen LogP contribution in [0.3, 0.4) is 0 Å². The van der Waals surface area contributed by atoms with Crippen LogP contribution in [0.1, 0.15) is 24.4 Å². The number of hydrogen-bond acceptors (Lipinski definition) is 5. The van der Waals surface area contributed by atoms with Crippen LogP contribution in [0.5, 0.6) is 0 Å². The van der Waals surface area contributed by atoms with Gasteiger partial charge in [0.15, 0.2) is 0 Å². The molecule has 0 spiro atoms. The molecule has 0 saturated carbocycles. The molecule has 2 aliphatic rings. The number of aliphatic hydroxyl groups excluding tert-OH is 1. The van der Waals surface area contributed by atoms with Crippen molar-refractivity contribution < 1.29 is 19.7 Å². The molecule has 2 aliphatic heterocycles. The fourth-order valence-corrected chi connectivity index (χ4v) is 3.46. The molecule has 2 unspecified atom stereocenters. The molecule has 1 aromatic carbocycles. The summed E-state index contributed by atoms with van der Waals surface area (Å²) in [4.78, 5) is 17.4. The molecular formula is C19H18N2O4. The van der Waals surface area contributed by atoms with Crippen molar-refractivity contribution in [2.75, 3.05) is 19.7 Å². The molecule has 128 valence electrons. The Kier molecular flexibility index (Phi) is 3.78. The minimum atomic E-state index is -1.30. The third kappa shape index (κ3) is 2.79. The van der Waals surface area contributed by atoms with Gasteiger partial charge in [-0.3, -0.25) is 4.90 Å². The summed E-state index contributed by atoms with van der Waals surface area (Å²) >= 11 is 0. The van der Waals surface area contributed by atoms with Crippen molar-refractivity contribution in [2.45, 2.75) is 13.2 Å². The van der Waals surface area contributed by atoms with Crippen LogP contribution in [0.4, 0.5) is 4.79 Å². The van der Waals surface area contributed by atoms with Crippen LogP contribution >= 0.6 is 0 Å². The number of aromatic nitrogens is 1. The first kappa shape index (κ1) is 15.8. The van der Waals surface area contributed by atoms with E-state index >= 15 is 0 Å². The standard InChI is InChI=1S/C19H18N2O4/c1-11-6-13-8-21(9-14(11)10-25-19(23)24)18(22)15-7-12-4-2-3-5-16(12)20-17(13)15/h2-7,18,22H,8-10H2,1H3,(H,23,24). The molecule has 0 amide bonds. The van der Waals surface area contributed by atoms with Crippen molar-refractivity contribution in [3.05, 3.63) is 58.8 Å². The highest BCUT2D eigenvalue weighted by Gasteiger charge is 2.32. The molecule has 2 atom stereocenters. The zero-order chi connectivity index (χ0) is 17.6. The van der Waals surface area contributed by atoms with Crippen LogP contribution < -0.4 is 0 Å². The van der Waals surface area contributed by atoms with Gasteiger partial charge < -0.3 is 14.9 Å². The maximum Gasteiger partial charge on any atom is 0.506 e. The Morgan fingerprint density at radius 3 is 2.96 bits per heavy atom. The van der Waals surface area contributed by atoms with Gasteiger partial charge in [0.1, 0.15) is 12.8 Å². The topological polar surface area (TPSA) is 82.9 Å². The largest absolute Gasteiger partial charge is 0.506 e. The number of fused-ring (bicyclic) bond motifs is 5. The van der Waals surface area contributed by atoms with Gasteiger partial charge in [0.25, 0.3) is 0 Å². The van der Waals surface area contributed by atoms with E-state index in [1.54, 1.807) is 0 Å². The van der Waals surface area contributed by atoms with Gasteiger partial charge in [-0.05, 0) is 35.8 Å². The number of allylic oxidation sites excluding steroid dienone is 2. The van der Waals surface area contributed by atoms with E-state index in [1.165, 1.54) is 0 Å². The summed E-state index contributed by atoms with van der Waals surface area (Å²) in [7, 11) is 0. The van der Waals surface area contributed by atoms with E-state index in [0.29, 0.717) is 13.1 Å². The maximum absolute atomic E-state index is 10.8. The number of aliphatic hydroxyl groups is 1. The normalized spacial score (nSPS) is 22.2. The first-order valence-corrected chi connectivity index (χ1v) is 8.10. The molecule has 0 saturated heterocycles. The molecule has 2 bridgehead atoms. The molecular weight excluding hydrogens is 320 g/mol. The van der Waals surface area contributed by atoms with E-state index < -0.39 is 12.4 Å². The van der Waals surface area contributed by atoms with Gasteiger partial charge in [-0.2, -0.15) is 0 Å². The SMILES string of the molecule is CC1=C(COC(=O)O)CN2CC(=C1)c1nc3ccccc3cc1C2O. The lowest BCUT2D eigenvalue weighted by molar-refractivity contribution is 0.0111. The average molecular weight is 338 g/mol. The van der Waals surface area contributed by atoms with Crippen molar-refractivity contribution >= 4 is 22.6 Å². The van der Waals surface area contributed by atoms with E-state index in [2.05, 4.69) is 0 Å². The molecule has 0 fully saturated rings. The Hall–Kier alpha value is -2.70. The van der Waals surface area contributed by atoms with Gasteiger partial charge in [-0.1, -0.05) is 24.3 Å². The zero-order valence-electron chi connectivity index (χ0n) is 13.8. The third-order valence-electron chi connectivity index (χ3n) is 4.77. The second-order valence-corrected chi connectivity index (χ2v) is 6.41. The van der Waals surface area contributed by atoms with Crippen LogP contribution in [0.2, 0.25) is 0 Å². The number of ether oxygens (including phenoxy) is 1. The van der Waals surface area contributed by atoms with Crippen LogP contribution in [-0.2, 0) is 4.74 Å². The predicted octanol–water partition coefficient (Wildman–Crippen LogP) is 2.95. The summed E-state index contributed by atoms with van der Waals surface area (Å²) in [5.41, 5.74) is 5.30. The lowest BCUT2D eigenvalue weighted by Crippen LogP contribution is -2.36. The predicted molar refractivity (Wildman–Crippen MR) is 92.9 cm³/mol. The minimum absolute atomic E-state index is 0.0000833. The van der Waals surface area contributed by atoms with Gasteiger partial charge in [0, 0.05) is 24.0 Å². The van der Waals surface area contributed by atoms with Gasteiger partial charge in [0.05, 0.1) is 11.2 Å². The average Bonchev–Trinajstić information content (AvgIpc) is 2.74. The Labute approximate surface area is 144 Å². The summed E-state index contributed by atoms with van der Waals surface area (Å²) in [6, 6.07) is 9.82. The van der Waals surface area contributed by atoms with Gasteiger partial charge in [-0.15, -0.1) is 0 Å². The van der Waals surface area contributed by atoms with Crippen LogP contribution in [0, 0.1) is 0 Å². The highest BCUT2D eigenvalue weighted by atomic mass is 16.7. The van der Waals surface area contributed by atoms with Gasteiger partial charge >= 0.3 is 6.16 Å². The first-order valence-electron chi connectivity index (χ1n) is 8.10. The van der Waals surface area contributed by atoms with E-state index in [1.807, 2.05) is 48.2 Å². The third-order valence-corrected chi connectivity index (χ3v) is 4.77. The molecule has 2 aromatic rings. The Morgan fingerprint density at radius 2 is 2.16 bits per heavy atom. The highest BCUT2D eigenvalue weighted by molar-refractivity contribution is 5.84. The minimum Gasteiger partial charge on any atom is -0.450 e. The molecule has 0 aliphatic carbocycles. The van der Waals surface area contributed by atoms with Crippen LogP contribution in [-0.4, -0.2) is 45.9 Å². The van der Waals surface area contributed by atoms with E-state index in [-0.39, 0.29) is 6.61 Å². The van der Waals surface area contributed by atoms with Crippen LogP contribution in [0.15, 0.2) is 47.6 Å². The second-order valence-electron chi connectivity index (χ2n) is 6.41. The number of nitrogens with zero attached hydrogens (tertiary/aromatic N) is 2. The molecule has 3 heterocycles. The quantitative estimate of drug-likeness (QED) is 0.819. The summed E-state index contributed by atoms with van der Waals surface area (Å²) in [5.74, 6) is 0. The number of pyridine rings is 1. The molecule has 2 N–H and O–H groups in total. The van der Waals surface area contributed by atoms with Crippen LogP contribution in [0.25, 0.3) is 16.5 Å². The molecule has 6 heteroatoms. The monoisotopic (exact) mass is 338 g/mol. The number of carbonyl (C=O) groups is 1. The van der Waals surface area contributed by atoms with Gasteiger partial charge in [0.2, 0.25) is 0 Å². The van der Waals surface area contributed by atoms with Crippen molar-refractivity contribution in [3.8, 4) is 0 Å². The van der Waals surface area contributed by atoms with Crippen molar-refractivity contribution in [1.82, 2.24) is 9.88 Å². The summed E-state index contributed by atoms with van der Waals surface area (Å²) in [5, 5.41) is 20.6. The molecule has 4 rings (SSSR count). The zero-order valence-corrected chi connectivity index (χ0v) is 13.8. The van der Waals surface area contributed by atoms with Crippen molar-refractivity contribution in [1.29, 1.82) is 0 Å². The van der Waals surface area contributed by atoms with E-state index in [0.717, 1.165) is 38.9 Å². The van der Waals surface area contributed by atoms with Crippen molar-refractivity contribution in [2.24, 2.45) is 0 Å². The lowest BCUT2D eigenvalue weighted by atomic mass is 9.96. The first-order chi connectivity index (χ1) is 12.0. The summed E-state index contributed by atoms with van der Waals surface area (Å²) < 4.78 is 4.74. The van der Waals surface area contributed by atoms with E-state index in [4.69, 9.17) is 14.8 Å². The van der Waals surface area contributed by atoms with Gasteiger partial charge in [-0.25, -0.2) is 9.78 Å². The Bertz CT molecular complexity index is 932. The molecule has 0 radical (unpaired) electrons. The lowest BCUT2D eigenvalue weighted by Gasteiger charge is -2.34. The molecule has 6 nitrogen and oxygen atoms in total. The fourth-order valence-electron chi connectivity index (χ4n) is 3.46. The Balaban J connectivity index is 1.82. The summed E-state index contributed by atoms with van der Waals surface area (Å²) in [6.45, 7) is 2.95. The number of benzene rings is 1. The maximum atomic E-state index is 10.8. The van der Waals surface area contributed by atoms with E-state index in [9.17, 15) is 9.90 Å². The summed E-state index contributed by atoms with van der Waals surface area (Å²) in [6.07, 6.45) is -0.0607.